The molecule has 19 heavy (non-hydrogen) atoms. The van der Waals surface area contributed by atoms with Crippen LogP contribution in [0, 0.1) is 5.82 Å². The number of aliphatic hydroxyl groups is 1. The van der Waals surface area contributed by atoms with Gasteiger partial charge in [-0.15, -0.1) is 0 Å². The Labute approximate surface area is 110 Å². The van der Waals surface area contributed by atoms with E-state index in [2.05, 4.69) is 0 Å². The van der Waals surface area contributed by atoms with Crippen LogP contribution in [-0.4, -0.2) is 31.9 Å². The van der Waals surface area contributed by atoms with E-state index in [-0.39, 0.29) is 30.1 Å². The molecule has 0 amide bonds. The monoisotopic (exact) mass is 272 g/mol. The lowest BCUT2D eigenvalue weighted by Crippen LogP contribution is -2.17. The van der Waals surface area contributed by atoms with Gasteiger partial charge < -0.3 is 19.3 Å². The number of rotatable bonds is 6. The minimum Gasteiger partial charge on any atom is -0.496 e. The molecule has 1 aromatic carbocycles. The van der Waals surface area contributed by atoms with Crippen LogP contribution < -0.4 is 4.74 Å². The molecule has 0 spiro atoms. The molecule has 1 unspecified atom stereocenters. The van der Waals surface area contributed by atoms with E-state index < -0.39 is 17.9 Å². The summed E-state index contributed by atoms with van der Waals surface area (Å²) >= 11 is 0. The minimum atomic E-state index is -1.52. The Bertz CT molecular complexity index is 447. The Morgan fingerprint density at radius 3 is 2.63 bits per heavy atom. The van der Waals surface area contributed by atoms with Crippen molar-refractivity contribution >= 4 is 5.97 Å². The topological polar surface area (TPSA) is 65.0 Å². The molecular formula is C13H17FO5. The van der Waals surface area contributed by atoms with Gasteiger partial charge in [0.05, 0.1) is 25.9 Å². The first-order chi connectivity index (χ1) is 9.06. The lowest BCUT2D eigenvalue weighted by molar-refractivity contribution is -0.153. The molecule has 0 aliphatic heterocycles. The van der Waals surface area contributed by atoms with Crippen LogP contribution in [0.1, 0.15) is 24.2 Å². The van der Waals surface area contributed by atoms with Crippen molar-refractivity contribution in [3.05, 3.63) is 29.1 Å². The average Bonchev–Trinajstić information content (AvgIpc) is 2.40. The Balaban J connectivity index is 3.20. The summed E-state index contributed by atoms with van der Waals surface area (Å²) in [4.78, 5) is 11.5. The van der Waals surface area contributed by atoms with Gasteiger partial charge in [0, 0.05) is 12.7 Å². The summed E-state index contributed by atoms with van der Waals surface area (Å²) in [6.45, 7) is 1.74. The van der Waals surface area contributed by atoms with Crippen LogP contribution in [0.25, 0.3) is 0 Å². The number of carbonyl (C=O) groups is 1. The zero-order chi connectivity index (χ0) is 14.4. The van der Waals surface area contributed by atoms with Crippen molar-refractivity contribution in [1.82, 2.24) is 0 Å². The van der Waals surface area contributed by atoms with Gasteiger partial charge in [-0.05, 0) is 19.1 Å². The molecule has 1 atom stereocenters. The molecule has 0 aliphatic carbocycles. The summed E-state index contributed by atoms with van der Waals surface area (Å²) in [6, 6.07) is 2.43. The standard InChI is InChI=1S/C13H17FO5/c1-4-19-13(16)11(15)8-5-6-10(14)9(7-17-2)12(8)18-3/h5-6,11,15H,4,7H2,1-3H3. The highest BCUT2D eigenvalue weighted by Crippen LogP contribution is 2.32. The smallest absolute Gasteiger partial charge is 0.339 e. The van der Waals surface area contributed by atoms with Crippen LogP contribution in [0.5, 0.6) is 5.75 Å². The predicted octanol–water partition coefficient (Wildman–Crippen LogP) is 1.58. The van der Waals surface area contributed by atoms with Crippen LogP contribution in [-0.2, 0) is 20.9 Å². The van der Waals surface area contributed by atoms with Gasteiger partial charge >= 0.3 is 5.97 Å². The second-order valence-electron chi connectivity index (χ2n) is 3.74. The number of ether oxygens (including phenoxy) is 3. The summed E-state index contributed by atoms with van der Waals surface area (Å²) in [6.07, 6.45) is -1.52. The van der Waals surface area contributed by atoms with Gasteiger partial charge in [-0.1, -0.05) is 0 Å². The van der Waals surface area contributed by atoms with Crippen molar-refractivity contribution in [3.63, 3.8) is 0 Å². The Morgan fingerprint density at radius 1 is 1.42 bits per heavy atom. The molecule has 1 rings (SSSR count). The first-order valence-electron chi connectivity index (χ1n) is 5.75. The summed E-state index contributed by atoms with van der Waals surface area (Å²) in [5.74, 6) is -1.25. The third kappa shape index (κ3) is 3.42. The van der Waals surface area contributed by atoms with Gasteiger partial charge in [0.15, 0.2) is 6.10 Å². The van der Waals surface area contributed by atoms with E-state index in [4.69, 9.17) is 14.2 Å². The number of aliphatic hydroxyl groups excluding tert-OH is 1. The maximum Gasteiger partial charge on any atom is 0.339 e. The van der Waals surface area contributed by atoms with E-state index in [0.29, 0.717) is 0 Å². The fraction of sp³-hybridized carbons (Fsp3) is 0.462. The molecule has 0 bridgehead atoms. The maximum atomic E-state index is 13.7. The highest BCUT2D eigenvalue weighted by molar-refractivity contribution is 5.77. The van der Waals surface area contributed by atoms with Crippen LogP contribution >= 0.6 is 0 Å². The van der Waals surface area contributed by atoms with E-state index in [9.17, 15) is 14.3 Å². The van der Waals surface area contributed by atoms with E-state index in [1.807, 2.05) is 0 Å². The second kappa shape index (κ2) is 7.06. The molecule has 0 aliphatic rings. The summed E-state index contributed by atoms with van der Waals surface area (Å²) in [7, 11) is 2.74. The maximum absolute atomic E-state index is 13.7. The first-order valence-corrected chi connectivity index (χ1v) is 5.75. The number of benzene rings is 1. The van der Waals surface area contributed by atoms with E-state index in [1.165, 1.54) is 20.3 Å². The third-order valence-electron chi connectivity index (χ3n) is 2.53. The molecule has 5 nitrogen and oxygen atoms in total. The number of hydrogen-bond acceptors (Lipinski definition) is 5. The van der Waals surface area contributed by atoms with Crippen molar-refractivity contribution in [2.45, 2.75) is 19.6 Å². The van der Waals surface area contributed by atoms with Crippen LogP contribution in [0.2, 0.25) is 0 Å². The minimum absolute atomic E-state index is 0.0294. The molecule has 0 aromatic heterocycles. The predicted molar refractivity (Wildman–Crippen MR) is 65.3 cm³/mol. The molecule has 0 fully saturated rings. The third-order valence-corrected chi connectivity index (χ3v) is 2.53. The van der Waals surface area contributed by atoms with Gasteiger partial charge in [0.1, 0.15) is 11.6 Å². The van der Waals surface area contributed by atoms with E-state index in [1.54, 1.807) is 6.92 Å². The van der Waals surface area contributed by atoms with Gasteiger partial charge in [-0.3, -0.25) is 0 Å². The van der Waals surface area contributed by atoms with Crippen molar-refractivity contribution < 1.29 is 28.5 Å². The Kier molecular flexibility index (Phi) is 5.72. The fourth-order valence-electron chi connectivity index (χ4n) is 1.71. The molecule has 0 heterocycles. The second-order valence-corrected chi connectivity index (χ2v) is 3.74. The number of carbonyl (C=O) groups excluding carboxylic acids is 1. The normalized spacial score (nSPS) is 12.1. The zero-order valence-corrected chi connectivity index (χ0v) is 11.1. The van der Waals surface area contributed by atoms with Crippen LogP contribution in [0.4, 0.5) is 4.39 Å². The first kappa shape index (κ1) is 15.4. The zero-order valence-electron chi connectivity index (χ0n) is 11.1. The number of halogens is 1. The SMILES string of the molecule is CCOC(=O)C(O)c1ccc(F)c(COC)c1OC. The molecule has 1 aromatic rings. The van der Waals surface area contributed by atoms with Crippen molar-refractivity contribution in [3.8, 4) is 5.75 Å². The summed E-state index contributed by atoms with van der Waals surface area (Å²) < 4.78 is 28.3. The Morgan fingerprint density at radius 2 is 2.11 bits per heavy atom. The molecule has 0 saturated carbocycles. The Hall–Kier alpha value is -1.66. The lowest BCUT2D eigenvalue weighted by Gasteiger charge is -2.17. The van der Waals surface area contributed by atoms with Crippen LogP contribution in [0.3, 0.4) is 0 Å². The highest BCUT2D eigenvalue weighted by Gasteiger charge is 2.25. The van der Waals surface area contributed by atoms with Crippen LogP contribution in [0.15, 0.2) is 12.1 Å². The largest absolute Gasteiger partial charge is 0.496 e. The molecular weight excluding hydrogens is 255 g/mol. The molecule has 0 saturated heterocycles. The average molecular weight is 272 g/mol. The molecule has 6 heteroatoms. The molecule has 1 N–H and O–H groups in total. The molecule has 106 valence electrons. The van der Waals surface area contributed by atoms with Gasteiger partial charge in [0.25, 0.3) is 0 Å². The van der Waals surface area contributed by atoms with Crippen molar-refractivity contribution in [1.29, 1.82) is 0 Å². The number of methoxy groups -OCH3 is 2. The summed E-state index contributed by atoms with van der Waals surface area (Å²) in [5.41, 5.74) is 0.292. The highest BCUT2D eigenvalue weighted by atomic mass is 19.1. The van der Waals surface area contributed by atoms with E-state index >= 15 is 0 Å². The van der Waals surface area contributed by atoms with Gasteiger partial charge in [-0.25, -0.2) is 9.18 Å². The number of hydrogen-bond donors (Lipinski definition) is 1. The lowest BCUT2D eigenvalue weighted by atomic mass is 10.0. The summed E-state index contributed by atoms with van der Waals surface area (Å²) in [5, 5.41) is 9.90. The van der Waals surface area contributed by atoms with Crippen molar-refractivity contribution in [2.24, 2.45) is 0 Å². The van der Waals surface area contributed by atoms with Gasteiger partial charge in [0.2, 0.25) is 0 Å². The van der Waals surface area contributed by atoms with Gasteiger partial charge in [-0.2, -0.15) is 0 Å². The quantitative estimate of drug-likeness (QED) is 0.796. The van der Waals surface area contributed by atoms with E-state index in [0.717, 1.165) is 6.07 Å². The fourth-order valence-corrected chi connectivity index (χ4v) is 1.71. The van der Waals surface area contributed by atoms with Crippen molar-refractivity contribution in [2.75, 3.05) is 20.8 Å². The molecule has 0 radical (unpaired) electrons. The number of esters is 1.